The molecule has 0 unspecified atom stereocenters. The number of carbonyl (C=O) groups excluding carboxylic acids is 1. The molecule has 100 valence electrons. The average Bonchev–Trinajstić information content (AvgIpc) is 2.79. The minimum Gasteiger partial charge on any atom is -0.399 e. The van der Waals surface area contributed by atoms with E-state index in [1.54, 1.807) is 0 Å². The SMILES string of the molecule is CC(=O)Nc1nc2ccc(-c3ccc(N)cc3)cc2s1. The molecule has 0 saturated heterocycles. The molecular weight excluding hydrogens is 270 g/mol. The third kappa shape index (κ3) is 2.48. The van der Waals surface area contributed by atoms with Gasteiger partial charge >= 0.3 is 0 Å². The first-order valence-corrected chi connectivity index (χ1v) is 6.97. The fourth-order valence-corrected chi connectivity index (χ4v) is 2.94. The van der Waals surface area contributed by atoms with Crippen LogP contribution >= 0.6 is 11.3 Å². The number of thiazole rings is 1. The molecule has 2 aromatic carbocycles. The van der Waals surface area contributed by atoms with Crippen molar-refractivity contribution in [3.8, 4) is 11.1 Å². The number of aromatic nitrogens is 1. The van der Waals surface area contributed by atoms with Gasteiger partial charge < -0.3 is 11.1 Å². The van der Waals surface area contributed by atoms with E-state index in [0.717, 1.165) is 27.0 Å². The molecule has 1 amide bonds. The number of anilines is 2. The molecule has 5 heteroatoms. The molecule has 3 aromatic rings. The van der Waals surface area contributed by atoms with Gasteiger partial charge in [0.1, 0.15) is 0 Å². The molecule has 0 fully saturated rings. The second kappa shape index (κ2) is 4.94. The third-order valence-electron chi connectivity index (χ3n) is 2.92. The molecule has 4 nitrogen and oxygen atoms in total. The van der Waals surface area contributed by atoms with Crippen LogP contribution in [0.4, 0.5) is 10.8 Å². The first-order valence-electron chi connectivity index (χ1n) is 6.16. The first kappa shape index (κ1) is 12.6. The number of fused-ring (bicyclic) bond motifs is 1. The van der Waals surface area contributed by atoms with Crippen LogP contribution in [0.2, 0.25) is 0 Å². The summed E-state index contributed by atoms with van der Waals surface area (Å²) in [6, 6.07) is 13.8. The largest absolute Gasteiger partial charge is 0.399 e. The lowest BCUT2D eigenvalue weighted by Crippen LogP contribution is -2.04. The highest BCUT2D eigenvalue weighted by Gasteiger charge is 2.06. The number of benzene rings is 2. The monoisotopic (exact) mass is 283 g/mol. The van der Waals surface area contributed by atoms with Crippen LogP contribution in [-0.2, 0) is 4.79 Å². The molecule has 3 N–H and O–H groups in total. The molecule has 1 aromatic heterocycles. The van der Waals surface area contributed by atoms with Crippen LogP contribution in [0.1, 0.15) is 6.92 Å². The van der Waals surface area contributed by atoms with Crippen molar-refractivity contribution >= 4 is 38.3 Å². The summed E-state index contributed by atoms with van der Waals surface area (Å²) in [6.45, 7) is 1.48. The molecule has 0 aliphatic heterocycles. The molecule has 3 rings (SSSR count). The highest BCUT2D eigenvalue weighted by atomic mass is 32.1. The Kier molecular flexibility index (Phi) is 3.12. The molecule has 0 radical (unpaired) electrons. The van der Waals surface area contributed by atoms with E-state index >= 15 is 0 Å². The van der Waals surface area contributed by atoms with E-state index in [1.165, 1.54) is 18.3 Å². The Morgan fingerprint density at radius 1 is 1.15 bits per heavy atom. The first-order chi connectivity index (χ1) is 9.61. The summed E-state index contributed by atoms with van der Waals surface area (Å²) >= 11 is 1.47. The summed E-state index contributed by atoms with van der Waals surface area (Å²) in [7, 11) is 0. The number of nitrogen functional groups attached to an aromatic ring is 1. The lowest BCUT2D eigenvalue weighted by Gasteiger charge is -2.01. The molecule has 0 bridgehead atoms. The maximum absolute atomic E-state index is 11.1. The van der Waals surface area contributed by atoms with Gasteiger partial charge in [-0.1, -0.05) is 29.5 Å². The van der Waals surface area contributed by atoms with Crippen molar-refractivity contribution in [2.75, 3.05) is 11.1 Å². The minimum atomic E-state index is -0.109. The lowest BCUT2D eigenvalue weighted by atomic mass is 10.1. The van der Waals surface area contributed by atoms with Crippen molar-refractivity contribution < 1.29 is 4.79 Å². The Bertz CT molecular complexity index is 777. The smallest absolute Gasteiger partial charge is 0.223 e. The number of hydrogen-bond acceptors (Lipinski definition) is 4. The standard InChI is InChI=1S/C15H13N3OS/c1-9(19)17-15-18-13-7-4-11(8-14(13)20-15)10-2-5-12(16)6-3-10/h2-8H,16H2,1H3,(H,17,18,19). The molecule has 0 aliphatic rings. The maximum Gasteiger partial charge on any atom is 0.223 e. The van der Waals surface area contributed by atoms with E-state index < -0.39 is 0 Å². The van der Waals surface area contributed by atoms with Gasteiger partial charge in [-0.15, -0.1) is 0 Å². The fourth-order valence-electron chi connectivity index (χ4n) is 1.98. The molecule has 0 aliphatic carbocycles. The van der Waals surface area contributed by atoms with Gasteiger partial charge in [0.25, 0.3) is 0 Å². The van der Waals surface area contributed by atoms with Gasteiger partial charge in [0.2, 0.25) is 5.91 Å². The Hall–Kier alpha value is -2.40. The number of nitrogens with two attached hydrogens (primary N) is 1. The van der Waals surface area contributed by atoms with Crippen LogP contribution in [0, 0.1) is 0 Å². The van der Waals surface area contributed by atoms with Gasteiger partial charge in [0, 0.05) is 12.6 Å². The number of rotatable bonds is 2. The fraction of sp³-hybridized carbons (Fsp3) is 0.0667. The number of carbonyl (C=O) groups is 1. The van der Waals surface area contributed by atoms with Crippen molar-refractivity contribution in [2.24, 2.45) is 0 Å². The van der Waals surface area contributed by atoms with Gasteiger partial charge in [-0.3, -0.25) is 4.79 Å². The predicted molar refractivity (Wildman–Crippen MR) is 83.8 cm³/mol. The topological polar surface area (TPSA) is 68.0 Å². The molecule has 0 atom stereocenters. The van der Waals surface area contributed by atoms with Gasteiger partial charge in [0.15, 0.2) is 5.13 Å². The lowest BCUT2D eigenvalue weighted by molar-refractivity contribution is -0.114. The zero-order valence-electron chi connectivity index (χ0n) is 10.9. The average molecular weight is 283 g/mol. The normalized spacial score (nSPS) is 10.7. The number of amides is 1. The van der Waals surface area contributed by atoms with E-state index in [2.05, 4.69) is 16.4 Å². The predicted octanol–water partition coefficient (Wildman–Crippen LogP) is 3.50. The summed E-state index contributed by atoms with van der Waals surface area (Å²) in [5.74, 6) is -0.109. The van der Waals surface area contributed by atoms with Gasteiger partial charge in [-0.2, -0.15) is 0 Å². The second-order valence-electron chi connectivity index (χ2n) is 4.50. The van der Waals surface area contributed by atoms with Crippen molar-refractivity contribution in [1.29, 1.82) is 0 Å². The van der Waals surface area contributed by atoms with Crippen LogP contribution in [0.25, 0.3) is 21.3 Å². The van der Waals surface area contributed by atoms with E-state index in [0.29, 0.717) is 5.13 Å². The van der Waals surface area contributed by atoms with E-state index in [4.69, 9.17) is 5.73 Å². The van der Waals surface area contributed by atoms with Crippen molar-refractivity contribution in [3.05, 3.63) is 42.5 Å². The van der Waals surface area contributed by atoms with Crippen LogP contribution in [-0.4, -0.2) is 10.9 Å². The summed E-state index contributed by atoms with van der Waals surface area (Å²) < 4.78 is 1.04. The third-order valence-corrected chi connectivity index (χ3v) is 3.85. The Morgan fingerprint density at radius 2 is 1.85 bits per heavy atom. The highest BCUT2D eigenvalue weighted by molar-refractivity contribution is 7.22. The van der Waals surface area contributed by atoms with E-state index in [1.807, 2.05) is 36.4 Å². The Morgan fingerprint density at radius 3 is 2.55 bits per heavy atom. The van der Waals surface area contributed by atoms with Crippen LogP contribution in [0.5, 0.6) is 0 Å². The quantitative estimate of drug-likeness (QED) is 0.707. The van der Waals surface area contributed by atoms with Crippen LogP contribution < -0.4 is 11.1 Å². The molecular formula is C15H13N3OS. The molecule has 1 heterocycles. The van der Waals surface area contributed by atoms with E-state index in [-0.39, 0.29) is 5.91 Å². The summed E-state index contributed by atoms with van der Waals surface area (Å²) in [5.41, 5.74) is 9.55. The zero-order valence-corrected chi connectivity index (χ0v) is 11.7. The Labute approximate surface area is 120 Å². The van der Waals surface area contributed by atoms with Crippen LogP contribution in [0.15, 0.2) is 42.5 Å². The number of hydrogen-bond donors (Lipinski definition) is 2. The van der Waals surface area contributed by atoms with Gasteiger partial charge in [-0.05, 0) is 35.4 Å². The summed E-state index contributed by atoms with van der Waals surface area (Å²) in [6.07, 6.45) is 0. The van der Waals surface area contributed by atoms with Crippen molar-refractivity contribution in [2.45, 2.75) is 6.92 Å². The number of nitrogens with one attached hydrogen (secondary N) is 1. The second-order valence-corrected chi connectivity index (χ2v) is 5.54. The van der Waals surface area contributed by atoms with Gasteiger partial charge in [0.05, 0.1) is 10.2 Å². The van der Waals surface area contributed by atoms with Crippen LogP contribution in [0.3, 0.4) is 0 Å². The van der Waals surface area contributed by atoms with Gasteiger partial charge in [-0.25, -0.2) is 4.98 Å². The van der Waals surface area contributed by atoms with Crippen molar-refractivity contribution in [1.82, 2.24) is 4.98 Å². The Balaban J connectivity index is 2.01. The maximum atomic E-state index is 11.1. The van der Waals surface area contributed by atoms with Crippen molar-refractivity contribution in [3.63, 3.8) is 0 Å². The zero-order chi connectivity index (χ0) is 14.1. The number of nitrogens with zero attached hydrogens (tertiary/aromatic N) is 1. The summed E-state index contributed by atoms with van der Waals surface area (Å²) in [5, 5.41) is 3.34. The minimum absolute atomic E-state index is 0.109. The highest BCUT2D eigenvalue weighted by Crippen LogP contribution is 2.30. The van der Waals surface area contributed by atoms with E-state index in [9.17, 15) is 4.79 Å². The molecule has 20 heavy (non-hydrogen) atoms. The molecule has 0 saturated carbocycles. The summed E-state index contributed by atoms with van der Waals surface area (Å²) in [4.78, 5) is 15.4. The molecule has 0 spiro atoms.